The van der Waals surface area contributed by atoms with Crippen LogP contribution in [0.15, 0.2) is 30.3 Å². The van der Waals surface area contributed by atoms with Gasteiger partial charge in [-0.05, 0) is 43.1 Å². The SMILES string of the molecule is O=C(NCC1(Cc2ccccc2)CCCC1)[C@@H]1CC[C@H](C(=O)O)O1. The first-order valence-electron chi connectivity index (χ1n) is 8.78. The lowest BCUT2D eigenvalue weighted by molar-refractivity contribution is -0.151. The van der Waals surface area contributed by atoms with Gasteiger partial charge in [0.2, 0.25) is 5.91 Å². The second-order valence-electron chi connectivity index (χ2n) is 7.12. The fraction of sp³-hybridized carbons (Fsp3) is 0.579. The maximum atomic E-state index is 12.3. The summed E-state index contributed by atoms with van der Waals surface area (Å²) in [6, 6.07) is 10.4. The zero-order valence-corrected chi connectivity index (χ0v) is 13.9. The average molecular weight is 331 g/mol. The number of carbonyl (C=O) groups is 2. The van der Waals surface area contributed by atoms with Gasteiger partial charge < -0.3 is 15.2 Å². The topological polar surface area (TPSA) is 75.6 Å². The van der Waals surface area contributed by atoms with E-state index in [9.17, 15) is 9.59 Å². The van der Waals surface area contributed by atoms with E-state index in [0.717, 1.165) is 19.3 Å². The Labute approximate surface area is 142 Å². The lowest BCUT2D eigenvalue weighted by Gasteiger charge is -2.30. The summed E-state index contributed by atoms with van der Waals surface area (Å²) in [4.78, 5) is 23.3. The van der Waals surface area contributed by atoms with Gasteiger partial charge in [0, 0.05) is 6.54 Å². The van der Waals surface area contributed by atoms with Crippen molar-refractivity contribution in [2.24, 2.45) is 5.41 Å². The number of nitrogens with one attached hydrogen (secondary N) is 1. The fourth-order valence-corrected chi connectivity index (χ4v) is 3.97. The van der Waals surface area contributed by atoms with Crippen LogP contribution in [-0.2, 0) is 20.7 Å². The van der Waals surface area contributed by atoms with Crippen LogP contribution in [-0.4, -0.2) is 35.7 Å². The third kappa shape index (κ3) is 3.96. The van der Waals surface area contributed by atoms with E-state index in [4.69, 9.17) is 9.84 Å². The molecule has 0 aromatic heterocycles. The number of aliphatic carboxylic acids is 1. The van der Waals surface area contributed by atoms with Crippen LogP contribution < -0.4 is 5.32 Å². The van der Waals surface area contributed by atoms with Gasteiger partial charge in [-0.2, -0.15) is 0 Å². The van der Waals surface area contributed by atoms with Gasteiger partial charge in [0.1, 0.15) is 6.10 Å². The molecule has 0 unspecified atom stereocenters. The first-order chi connectivity index (χ1) is 11.6. The molecule has 1 amide bonds. The van der Waals surface area contributed by atoms with Gasteiger partial charge >= 0.3 is 5.97 Å². The fourth-order valence-electron chi connectivity index (χ4n) is 3.97. The summed E-state index contributed by atoms with van der Waals surface area (Å²) in [6.45, 7) is 0.637. The normalized spacial score (nSPS) is 25.5. The Morgan fingerprint density at radius 3 is 2.42 bits per heavy atom. The summed E-state index contributed by atoms with van der Waals surface area (Å²) >= 11 is 0. The van der Waals surface area contributed by atoms with Crippen LogP contribution in [0.2, 0.25) is 0 Å². The first-order valence-corrected chi connectivity index (χ1v) is 8.78. The number of rotatable bonds is 6. The van der Waals surface area contributed by atoms with Crippen molar-refractivity contribution in [2.45, 2.75) is 57.2 Å². The number of amides is 1. The third-order valence-electron chi connectivity index (χ3n) is 5.31. The number of benzene rings is 1. The Bertz CT molecular complexity index is 580. The molecule has 1 aliphatic heterocycles. The van der Waals surface area contributed by atoms with E-state index in [2.05, 4.69) is 29.6 Å². The Kier molecular flexibility index (Phi) is 5.19. The van der Waals surface area contributed by atoms with Crippen molar-refractivity contribution < 1.29 is 19.4 Å². The molecule has 2 aliphatic rings. The molecule has 0 bridgehead atoms. The molecule has 1 aliphatic carbocycles. The van der Waals surface area contributed by atoms with Crippen molar-refractivity contribution in [3.63, 3.8) is 0 Å². The van der Waals surface area contributed by atoms with Gasteiger partial charge in [0.05, 0.1) is 0 Å². The average Bonchev–Trinajstić information content (AvgIpc) is 3.24. The highest BCUT2D eigenvalue weighted by Crippen LogP contribution is 2.40. The molecular formula is C19H25NO4. The largest absolute Gasteiger partial charge is 0.479 e. The monoisotopic (exact) mass is 331 g/mol. The molecule has 0 spiro atoms. The van der Waals surface area contributed by atoms with E-state index in [1.54, 1.807) is 0 Å². The molecule has 1 aromatic carbocycles. The lowest BCUT2D eigenvalue weighted by Crippen LogP contribution is -2.42. The highest BCUT2D eigenvalue weighted by Gasteiger charge is 2.37. The van der Waals surface area contributed by atoms with Crippen LogP contribution >= 0.6 is 0 Å². The van der Waals surface area contributed by atoms with Gasteiger partial charge in [0.15, 0.2) is 6.10 Å². The van der Waals surface area contributed by atoms with E-state index in [-0.39, 0.29) is 11.3 Å². The summed E-state index contributed by atoms with van der Waals surface area (Å²) in [6.07, 6.45) is 5.02. The van der Waals surface area contributed by atoms with E-state index in [0.29, 0.717) is 19.4 Å². The molecule has 1 saturated heterocycles. The zero-order chi connectivity index (χ0) is 17.0. The van der Waals surface area contributed by atoms with Gasteiger partial charge in [0.25, 0.3) is 0 Å². The summed E-state index contributed by atoms with van der Waals surface area (Å²) in [5, 5.41) is 12.0. The molecule has 1 heterocycles. The third-order valence-corrected chi connectivity index (χ3v) is 5.31. The Balaban J connectivity index is 1.56. The van der Waals surface area contributed by atoms with Crippen molar-refractivity contribution in [2.75, 3.05) is 6.54 Å². The van der Waals surface area contributed by atoms with Crippen LogP contribution in [0, 0.1) is 5.41 Å². The minimum atomic E-state index is -0.985. The molecule has 3 rings (SSSR count). The predicted molar refractivity (Wildman–Crippen MR) is 89.6 cm³/mol. The number of hydrogen-bond acceptors (Lipinski definition) is 3. The van der Waals surface area contributed by atoms with Crippen LogP contribution in [0.5, 0.6) is 0 Å². The van der Waals surface area contributed by atoms with Crippen LogP contribution in [0.3, 0.4) is 0 Å². The van der Waals surface area contributed by atoms with E-state index in [1.165, 1.54) is 18.4 Å². The molecule has 2 atom stereocenters. The van der Waals surface area contributed by atoms with Crippen molar-refractivity contribution in [3.05, 3.63) is 35.9 Å². The van der Waals surface area contributed by atoms with Crippen molar-refractivity contribution in [3.8, 4) is 0 Å². The second kappa shape index (κ2) is 7.34. The zero-order valence-electron chi connectivity index (χ0n) is 13.9. The van der Waals surface area contributed by atoms with Gasteiger partial charge in [-0.1, -0.05) is 43.2 Å². The lowest BCUT2D eigenvalue weighted by atomic mass is 9.80. The van der Waals surface area contributed by atoms with Crippen molar-refractivity contribution >= 4 is 11.9 Å². The minimum Gasteiger partial charge on any atom is -0.479 e. The standard InChI is InChI=1S/C19H25NO4/c21-17(15-8-9-16(24-15)18(22)23)20-13-19(10-4-5-11-19)12-14-6-2-1-3-7-14/h1-3,6-7,15-16H,4-5,8-13H2,(H,20,21)(H,22,23)/t15-,16+/m0/s1. The molecule has 2 fully saturated rings. The molecule has 2 N–H and O–H groups in total. The van der Waals surface area contributed by atoms with Gasteiger partial charge in [-0.25, -0.2) is 4.79 Å². The molecule has 1 saturated carbocycles. The van der Waals surface area contributed by atoms with Gasteiger partial charge in [-0.15, -0.1) is 0 Å². The number of carboxylic acid groups (broad SMARTS) is 1. The molecule has 0 radical (unpaired) electrons. The van der Waals surface area contributed by atoms with Crippen molar-refractivity contribution in [1.29, 1.82) is 0 Å². The molecule has 1 aromatic rings. The van der Waals surface area contributed by atoms with E-state index in [1.807, 2.05) is 6.07 Å². The highest BCUT2D eigenvalue weighted by molar-refractivity contribution is 5.82. The smallest absolute Gasteiger partial charge is 0.332 e. The highest BCUT2D eigenvalue weighted by atomic mass is 16.5. The number of carbonyl (C=O) groups excluding carboxylic acids is 1. The Hall–Kier alpha value is -1.88. The molecular weight excluding hydrogens is 306 g/mol. The van der Waals surface area contributed by atoms with Gasteiger partial charge in [-0.3, -0.25) is 4.79 Å². The number of carboxylic acids is 1. The summed E-state index contributed by atoms with van der Waals surface area (Å²) in [5.74, 6) is -1.15. The van der Waals surface area contributed by atoms with E-state index >= 15 is 0 Å². The number of ether oxygens (including phenoxy) is 1. The molecule has 24 heavy (non-hydrogen) atoms. The quantitative estimate of drug-likeness (QED) is 0.840. The van der Waals surface area contributed by atoms with E-state index < -0.39 is 18.2 Å². The minimum absolute atomic E-state index is 0.113. The summed E-state index contributed by atoms with van der Waals surface area (Å²) < 4.78 is 5.34. The first kappa shape index (κ1) is 17.0. The summed E-state index contributed by atoms with van der Waals surface area (Å²) in [7, 11) is 0. The number of hydrogen-bond donors (Lipinski definition) is 2. The van der Waals surface area contributed by atoms with Crippen LogP contribution in [0.4, 0.5) is 0 Å². The maximum absolute atomic E-state index is 12.3. The Morgan fingerprint density at radius 1 is 1.12 bits per heavy atom. The van der Waals surface area contributed by atoms with Crippen LogP contribution in [0.1, 0.15) is 44.1 Å². The molecule has 130 valence electrons. The molecule has 5 heteroatoms. The summed E-state index contributed by atoms with van der Waals surface area (Å²) in [5.41, 5.74) is 1.42. The predicted octanol–water partition coefficient (Wildman–Crippen LogP) is 2.54. The maximum Gasteiger partial charge on any atom is 0.332 e. The Morgan fingerprint density at radius 2 is 1.79 bits per heavy atom. The van der Waals surface area contributed by atoms with Crippen molar-refractivity contribution in [1.82, 2.24) is 5.32 Å². The van der Waals surface area contributed by atoms with Crippen LogP contribution in [0.25, 0.3) is 0 Å². The molecule has 5 nitrogen and oxygen atoms in total. The second-order valence-corrected chi connectivity index (χ2v) is 7.12.